The van der Waals surface area contributed by atoms with Gasteiger partial charge in [-0.1, -0.05) is 13.0 Å². The van der Waals surface area contributed by atoms with Gasteiger partial charge in [0.15, 0.2) is 0 Å². The first-order chi connectivity index (χ1) is 9.56. The van der Waals surface area contributed by atoms with Crippen LogP contribution in [0.15, 0.2) is 18.2 Å². The van der Waals surface area contributed by atoms with Crippen molar-refractivity contribution in [1.82, 2.24) is 9.97 Å². The summed E-state index contributed by atoms with van der Waals surface area (Å²) >= 11 is 0. The maximum absolute atomic E-state index is 13.5. The summed E-state index contributed by atoms with van der Waals surface area (Å²) in [6.45, 7) is 8.78. The first kappa shape index (κ1) is 14.4. The lowest BCUT2D eigenvalue weighted by Gasteiger charge is -2.14. The molecule has 0 radical (unpaired) electrons. The topological polar surface area (TPSA) is 37.8 Å². The van der Waals surface area contributed by atoms with Crippen molar-refractivity contribution in [2.75, 3.05) is 11.9 Å². The number of nitrogens with one attached hydrogen (secondary N) is 1. The third-order valence-corrected chi connectivity index (χ3v) is 3.31. The summed E-state index contributed by atoms with van der Waals surface area (Å²) in [6.07, 6.45) is 0.750. The zero-order chi connectivity index (χ0) is 14.7. The Morgan fingerprint density at radius 1 is 1.15 bits per heavy atom. The van der Waals surface area contributed by atoms with Crippen LogP contribution in [0, 0.1) is 19.7 Å². The molecule has 0 bridgehead atoms. The van der Waals surface area contributed by atoms with Crippen molar-refractivity contribution >= 4 is 5.82 Å². The molecule has 0 saturated carbocycles. The molecular formula is C16H20FN3. The van der Waals surface area contributed by atoms with E-state index >= 15 is 0 Å². The molecule has 0 amide bonds. The van der Waals surface area contributed by atoms with Crippen molar-refractivity contribution in [3.63, 3.8) is 0 Å². The Balaban J connectivity index is 2.65. The Bertz CT molecular complexity index is 623. The van der Waals surface area contributed by atoms with Gasteiger partial charge in [0, 0.05) is 24.1 Å². The zero-order valence-corrected chi connectivity index (χ0v) is 12.4. The molecule has 4 heteroatoms. The summed E-state index contributed by atoms with van der Waals surface area (Å²) in [5, 5.41) is 3.25. The lowest BCUT2D eigenvalue weighted by Crippen LogP contribution is -2.08. The Morgan fingerprint density at radius 3 is 2.55 bits per heavy atom. The SMILES string of the molecule is CCNc1nc(CC)nc(-c2cc(F)ccc2C)c1C. The Labute approximate surface area is 119 Å². The first-order valence-electron chi connectivity index (χ1n) is 6.94. The third-order valence-electron chi connectivity index (χ3n) is 3.31. The molecule has 0 aliphatic carbocycles. The predicted molar refractivity (Wildman–Crippen MR) is 80.4 cm³/mol. The van der Waals surface area contributed by atoms with Crippen molar-refractivity contribution < 1.29 is 4.39 Å². The number of halogens is 1. The van der Waals surface area contributed by atoms with Crippen LogP contribution in [0.2, 0.25) is 0 Å². The molecule has 2 aromatic rings. The van der Waals surface area contributed by atoms with Crippen molar-refractivity contribution in [2.24, 2.45) is 0 Å². The van der Waals surface area contributed by atoms with E-state index in [2.05, 4.69) is 15.3 Å². The van der Waals surface area contributed by atoms with E-state index < -0.39 is 0 Å². The van der Waals surface area contributed by atoms with E-state index in [0.29, 0.717) is 0 Å². The molecule has 0 fully saturated rings. The fourth-order valence-corrected chi connectivity index (χ4v) is 2.17. The van der Waals surface area contributed by atoms with E-state index in [1.54, 1.807) is 12.1 Å². The summed E-state index contributed by atoms with van der Waals surface area (Å²) in [7, 11) is 0. The van der Waals surface area contributed by atoms with Crippen molar-refractivity contribution in [1.29, 1.82) is 0 Å². The van der Waals surface area contributed by atoms with Crippen LogP contribution < -0.4 is 5.32 Å². The number of benzene rings is 1. The maximum Gasteiger partial charge on any atom is 0.133 e. The number of aromatic nitrogens is 2. The smallest absolute Gasteiger partial charge is 0.133 e. The highest BCUT2D eigenvalue weighted by Crippen LogP contribution is 2.29. The van der Waals surface area contributed by atoms with Crippen molar-refractivity contribution in [2.45, 2.75) is 34.1 Å². The minimum absolute atomic E-state index is 0.244. The van der Waals surface area contributed by atoms with Gasteiger partial charge in [0.1, 0.15) is 17.5 Å². The lowest BCUT2D eigenvalue weighted by molar-refractivity contribution is 0.628. The fraction of sp³-hybridized carbons (Fsp3) is 0.375. The second-order valence-electron chi connectivity index (χ2n) is 4.81. The average Bonchev–Trinajstić information content (AvgIpc) is 2.44. The summed E-state index contributed by atoms with van der Waals surface area (Å²) < 4.78 is 13.5. The molecule has 106 valence electrons. The predicted octanol–water partition coefficient (Wildman–Crippen LogP) is 3.89. The van der Waals surface area contributed by atoms with Crippen LogP contribution in [-0.4, -0.2) is 16.5 Å². The molecule has 2 rings (SSSR count). The van der Waals surface area contributed by atoms with Gasteiger partial charge in [0.05, 0.1) is 5.69 Å². The van der Waals surface area contributed by atoms with Gasteiger partial charge in [-0.15, -0.1) is 0 Å². The van der Waals surface area contributed by atoms with Crippen molar-refractivity contribution in [3.8, 4) is 11.3 Å². The maximum atomic E-state index is 13.5. The third kappa shape index (κ3) is 2.79. The van der Waals surface area contributed by atoms with E-state index in [1.807, 2.05) is 27.7 Å². The van der Waals surface area contributed by atoms with Crippen LogP contribution in [0.4, 0.5) is 10.2 Å². The molecule has 0 spiro atoms. The average molecular weight is 273 g/mol. The van der Waals surface area contributed by atoms with E-state index in [0.717, 1.165) is 47.0 Å². The Morgan fingerprint density at radius 2 is 1.90 bits per heavy atom. The zero-order valence-electron chi connectivity index (χ0n) is 12.4. The second kappa shape index (κ2) is 5.99. The van der Waals surface area contributed by atoms with Crippen LogP contribution in [-0.2, 0) is 6.42 Å². The van der Waals surface area contributed by atoms with Crippen LogP contribution in [0.1, 0.15) is 30.8 Å². The number of nitrogens with zero attached hydrogens (tertiary/aromatic N) is 2. The number of rotatable bonds is 4. The number of aryl methyl sites for hydroxylation is 2. The molecule has 3 nitrogen and oxygen atoms in total. The first-order valence-corrected chi connectivity index (χ1v) is 6.94. The van der Waals surface area contributed by atoms with Gasteiger partial charge in [-0.25, -0.2) is 14.4 Å². The van der Waals surface area contributed by atoms with Gasteiger partial charge in [0.25, 0.3) is 0 Å². The number of hydrogen-bond acceptors (Lipinski definition) is 3. The lowest BCUT2D eigenvalue weighted by atomic mass is 10.0. The molecule has 1 heterocycles. The van der Waals surface area contributed by atoms with Gasteiger partial charge in [-0.05, 0) is 38.5 Å². The largest absolute Gasteiger partial charge is 0.370 e. The molecule has 1 aromatic carbocycles. The van der Waals surface area contributed by atoms with Gasteiger partial charge < -0.3 is 5.32 Å². The normalized spacial score (nSPS) is 10.7. The van der Waals surface area contributed by atoms with E-state index in [9.17, 15) is 4.39 Å². The van der Waals surface area contributed by atoms with E-state index in [-0.39, 0.29) is 5.82 Å². The van der Waals surface area contributed by atoms with E-state index in [1.165, 1.54) is 6.07 Å². The fourth-order valence-electron chi connectivity index (χ4n) is 2.17. The quantitative estimate of drug-likeness (QED) is 0.918. The number of hydrogen-bond donors (Lipinski definition) is 1. The molecule has 20 heavy (non-hydrogen) atoms. The van der Waals surface area contributed by atoms with Gasteiger partial charge in [0.2, 0.25) is 0 Å². The van der Waals surface area contributed by atoms with Crippen LogP contribution in [0.25, 0.3) is 11.3 Å². The Hall–Kier alpha value is -1.97. The highest BCUT2D eigenvalue weighted by Gasteiger charge is 2.14. The summed E-state index contributed by atoms with van der Waals surface area (Å²) in [5.74, 6) is 1.36. The van der Waals surface area contributed by atoms with Crippen LogP contribution in [0.5, 0.6) is 0 Å². The highest BCUT2D eigenvalue weighted by atomic mass is 19.1. The number of anilines is 1. The minimum atomic E-state index is -0.244. The molecular weight excluding hydrogens is 253 g/mol. The second-order valence-corrected chi connectivity index (χ2v) is 4.81. The molecule has 0 aliphatic heterocycles. The monoisotopic (exact) mass is 273 g/mol. The molecule has 1 N–H and O–H groups in total. The van der Waals surface area contributed by atoms with Crippen LogP contribution in [0.3, 0.4) is 0 Å². The highest BCUT2D eigenvalue weighted by molar-refractivity contribution is 5.70. The van der Waals surface area contributed by atoms with Gasteiger partial charge in [-0.2, -0.15) is 0 Å². The Kier molecular flexibility index (Phi) is 4.32. The molecule has 0 unspecified atom stereocenters. The standard InChI is InChI=1S/C16H20FN3/c1-5-14-19-15(11(4)16(20-14)18-6-2)13-9-12(17)8-7-10(13)3/h7-9H,5-6H2,1-4H3,(H,18,19,20). The summed E-state index contributed by atoms with van der Waals surface area (Å²) in [6, 6.07) is 4.80. The molecule has 0 aliphatic rings. The van der Waals surface area contributed by atoms with Crippen molar-refractivity contribution in [3.05, 3.63) is 41.0 Å². The molecule has 0 saturated heterocycles. The summed E-state index contributed by atoms with van der Waals surface area (Å²) in [5.41, 5.74) is 3.61. The molecule has 0 atom stereocenters. The van der Waals surface area contributed by atoms with Gasteiger partial charge in [-0.3, -0.25) is 0 Å². The van der Waals surface area contributed by atoms with Gasteiger partial charge >= 0.3 is 0 Å². The molecule has 1 aromatic heterocycles. The summed E-state index contributed by atoms with van der Waals surface area (Å²) in [4.78, 5) is 9.09. The van der Waals surface area contributed by atoms with Crippen LogP contribution >= 0.6 is 0 Å². The minimum Gasteiger partial charge on any atom is -0.370 e. The van der Waals surface area contributed by atoms with E-state index in [4.69, 9.17) is 0 Å².